The van der Waals surface area contributed by atoms with Gasteiger partial charge in [0.2, 0.25) is 0 Å². The second-order valence-electron chi connectivity index (χ2n) is 13.3. The van der Waals surface area contributed by atoms with E-state index in [0.29, 0.717) is 47.1 Å². The normalized spacial score (nSPS) is 14.3. The Labute approximate surface area is 281 Å². The van der Waals surface area contributed by atoms with Crippen molar-refractivity contribution in [1.29, 1.82) is 0 Å². The standard InChI is InChI=1S/C36H38F3N7O3/c1-21-42-30(31-32(40)41-20-25(46(21)31)18-22-14-16-45(17-15-22)34(48)49-35(2,3)4)28-12-13-29(27-11-6-5-10-26(27)28)44-33(47)43-24-9-7-8-23(19-24)36(37,38)39/h5-13,19-20,22H,14-18H2,1-4H3,(H2,40,41)(H2,43,44,47). The lowest BCUT2D eigenvalue weighted by Crippen LogP contribution is -2.42. The van der Waals surface area contributed by atoms with Gasteiger partial charge in [-0.05, 0) is 82.5 Å². The molecule has 3 heterocycles. The lowest BCUT2D eigenvalue weighted by molar-refractivity contribution is -0.137. The molecule has 4 N–H and O–H groups in total. The van der Waals surface area contributed by atoms with Gasteiger partial charge in [-0.3, -0.25) is 4.40 Å². The number of amides is 3. The second kappa shape index (κ2) is 12.9. The van der Waals surface area contributed by atoms with Crippen LogP contribution >= 0.6 is 0 Å². The molecule has 13 heteroatoms. The van der Waals surface area contributed by atoms with Crippen LogP contribution in [0.15, 0.2) is 66.9 Å². The molecule has 0 saturated carbocycles. The van der Waals surface area contributed by atoms with Crippen LogP contribution in [0.3, 0.4) is 0 Å². The van der Waals surface area contributed by atoms with Crippen molar-refractivity contribution in [2.45, 2.75) is 58.7 Å². The molecular formula is C36H38F3N7O3. The number of fused-ring (bicyclic) bond motifs is 2. The summed E-state index contributed by atoms with van der Waals surface area (Å²) in [6, 6.07) is 14.8. The number of hydrogen-bond acceptors (Lipinski definition) is 6. The number of piperidine rings is 1. The Morgan fingerprint density at radius 3 is 2.39 bits per heavy atom. The summed E-state index contributed by atoms with van der Waals surface area (Å²) in [6.45, 7) is 8.73. The van der Waals surface area contributed by atoms with E-state index in [2.05, 4.69) is 15.6 Å². The summed E-state index contributed by atoms with van der Waals surface area (Å²) >= 11 is 0. The number of aryl methyl sites for hydroxylation is 1. The van der Waals surface area contributed by atoms with Crippen molar-refractivity contribution in [3.8, 4) is 11.3 Å². The molecule has 0 unspecified atom stereocenters. The van der Waals surface area contributed by atoms with E-state index in [0.717, 1.165) is 53.9 Å². The summed E-state index contributed by atoms with van der Waals surface area (Å²) in [6.07, 6.45) is -0.653. The van der Waals surface area contributed by atoms with Gasteiger partial charge in [0.05, 0.1) is 11.3 Å². The Morgan fingerprint density at radius 1 is 0.980 bits per heavy atom. The molecule has 0 aliphatic carbocycles. The number of hydrogen-bond donors (Lipinski definition) is 3. The number of imidazole rings is 1. The summed E-state index contributed by atoms with van der Waals surface area (Å²) in [5.74, 6) is 1.39. The zero-order chi connectivity index (χ0) is 35.1. The summed E-state index contributed by atoms with van der Waals surface area (Å²) in [4.78, 5) is 36.7. The molecule has 49 heavy (non-hydrogen) atoms. The second-order valence-corrected chi connectivity index (χ2v) is 13.3. The molecule has 1 aliphatic heterocycles. The number of alkyl halides is 3. The van der Waals surface area contributed by atoms with E-state index in [1.165, 1.54) is 12.1 Å². The van der Waals surface area contributed by atoms with E-state index in [9.17, 15) is 22.8 Å². The van der Waals surface area contributed by atoms with Gasteiger partial charge in [0.25, 0.3) is 0 Å². The Hall–Kier alpha value is -5.33. The number of ether oxygens (including phenoxy) is 1. The molecule has 256 valence electrons. The van der Waals surface area contributed by atoms with Gasteiger partial charge in [-0.15, -0.1) is 0 Å². The minimum Gasteiger partial charge on any atom is -0.444 e. The highest BCUT2D eigenvalue weighted by atomic mass is 19.4. The number of nitrogens with two attached hydrogens (primary N) is 1. The first-order chi connectivity index (χ1) is 23.2. The molecule has 1 aliphatic rings. The topological polar surface area (TPSA) is 127 Å². The van der Waals surface area contributed by atoms with Crippen molar-refractivity contribution in [3.05, 3.63) is 83.9 Å². The minimum absolute atomic E-state index is 0.0144. The zero-order valence-corrected chi connectivity index (χ0v) is 27.7. The third-order valence-electron chi connectivity index (χ3n) is 8.57. The fourth-order valence-electron chi connectivity index (χ4n) is 6.33. The summed E-state index contributed by atoms with van der Waals surface area (Å²) in [7, 11) is 0. The summed E-state index contributed by atoms with van der Waals surface area (Å²) in [5.41, 5.74) is 8.63. The van der Waals surface area contributed by atoms with Crippen molar-refractivity contribution in [1.82, 2.24) is 19.3 Å². The third kappa shape index (κ3) is 7.25. The molecule has 10 nitrogen and oxygen atoms in total. The molecule has 0 radical (unpaired) electrons. The molecule has 0 spiro atoms. The highest BCUT2D eigenvalue weighted by Gasteiger charge is 2.31. The van der Waals surface area contributed by atoms with E-state index in [1.54, 1.807) is 17.2 Å². The number of nitrogen functional groups attached to an aromatic ring is 1. The number of urea groups is 1. The number of aromatic nitrogens is 3. The van der Waals surface area contributed by atoms with Crippen molar-refractivity contribution < 1.29 is 27.5 Å². The maximum Gasteiger partial charge on any atom is 0.416 e. The van der Waals surface area contributed by atoms with Crippen LogP contribution < -0.4 is 16.4 Å². The molecule has 0 bridgehead atoms. The van der Waals surface area contributed by atoms with E-state index in [1.807, 2.05) is 62.4 Å². The van der Waals surface area contributed by atoms with Crippen molar-refractivity contribution in [3.63, 3.8) is 0 Å². The molecule has 3 amide bonds. The van der Waals surface area contributed by atoms with Crippen molar-refractivity contribution in [2.75, 3.05) is 29.5 Å². The van der Waals surface area contributed by atoms with Gasteiger partial charge in [-0.1, -0.05) is 36.4 Å². The highest BCUT2D eigenvalue weighted by molar-refractivity contribution is 6.10. The van der Waals surface area contributed by atoms with Gasteiger partial charge in [0.1, 0.15) is 28.5 Å². The number of benzene rings is 3. The lowest BCUT2D eigenvalue weighted by atomic mass is 9.92. The Balaban J connectivity index is 1.26. The van der Waals surface area contributed by atoms with Gasteiger partial charge in [0, 0.05) is 41.6 Å². The smallest absolute Gasteiger partial charge is 0.416 e. The Morgan fingerprint density at radius 2 is 1.69 bits per heavy atom. The molecule has 1 fully saturated rings. The largest absolute Gasteiger partial charge is 0.444 e. The third-order valence-corrected chi connectivity index (χ3v) is 8.57. The number of likely N-dealkylation sites (tertiary alicyclic amines) is 1. The van der Waals surface area contributed by atoms with Gasteiger partial charge in [-0.2, -0.15) is 13.2 Å². The van der Waals surface area contributed by atoms with E-state index in [4.69, 9.17) is 15.5 Å². The molecular weight excluding hydrogens is 635 g/mol. The van der Waals surface area contributed by atoms with Crippen LogP contribution in [-0.2, 0) is 17.3 Å². The monoisotopic (exact) mass is 673 g/mol. The number of carbonyl (C=O) groups excluding carboxylic acids is 2. The van der Waals surface area contributed by atoms with Crippen LogP contribution in [0, 0.1) is 12.8 Å². The van der Waals surface area contributed by atoms with Crippen LogP contribution in [0.25, 0.3) is 27.5 Å². The van der Waals surface area contributed by atoms with Gasteiger partial charge >= 0.3 is 18.3 Å². The number of nitrogens with zero attached hydrogens (tertiary/aromatic N) is 4. The van der Waals surface area contributed by atoms with Crippen LogP contribution in [-0.4, -0.2) is 50.1 Å². The molecule has 5 aromatic rings. The first-order valence-electron chi connectivity index (χ1n) is 16.1. The van der Waals surface area contributed by atoms with Crippen LogP contribution in [0.4, 0.5) is 40.0 Å². The van der Waals surface area contributed by atoms with E-state index in [-0.39, 0.29) is 11.8 Å². The minimum atomic E-state index is -4.53. The summed E-state index contributed by atoms with van der Waals surface area (Å²) < 4.78 is 47.1. The average molecular weight is 674 g/mol. The molecule has 2 aromatic heterocycles. The predicted octanol–water partition coefficient (Wildman–Crippen LogP) is 8.29. The maximum atomic E-state index is 13.2. The molecule has 3 aromatic carbocycles. The highest BCUT2D eigenvalue weighted by Crippen LogP contribution is 2.38. The lowest BCUT2D eigenvalue weighted by Gasteiger charge is -2.33. The summed E-state index contributed by atoms with van der Waals surface area (Å²) in [5, 5.41) is 6.76. The fraction of sp³-hybridized carbons (Fsp3) is 0.333. The SMILES string of the molecule is Cc1nc(-c2ccc(NC(=O)Nc3cccc(C(F)(F)F)c3)c3ccccc23)c2c(N)ncc(CC3CCN(C(=O)OC(C)(C)C)CC3)n12. The molecule has 1 saturated heterocycles. The number of rotatable bonds is 5. The van der Waals surface area contributed by atoms with Crippen molar-refractivity contribution in [2.24, 2.45) is 5.92 Å². The van der Waals surface area contributed by atoms with Crippen LogP contribution in [0.1, 0.15) is 50.7 Å². The Kier molecular flexibility index (Phi) is 8.86. The first-order valence-corrected chi connectivity index (χ1v) is 16.1. The first kappa shape index (κ1) is 33.6. The average Bonchev–Trinajstić information content (AvgIpc) is 3.39. The Bertz CT molecular complexity index is 2040. The molecule has 6 rings (SSSR count). The van der Waals surface area contributed by atoms with Gasteiger partial charge in [-0.25, -0.2) is 19.6 Å². The van der Waals surface area contributed by atoms with Crippen LogP contribution in [0.5, 0.6) is 0 Å². The van der Waals surface area contributed by atoms with Crippen molar-refractivity contribution >= 4 is 45.6 Å². The van der Waals surface area contributed by atoms with Gasteiger partial charge < -0.3 is 26.0 Å². The predicted molar refractivity (Wildman–Crippen MR) is 183 cm³/mol. The van der Waals surface area contributed by atoms with Crippen LogP contribution in [0.2, 0.25) is 0 Å². The number of halogens is 3. The molecule has 0 atom stereocenters. The van der Waals surface area contributed by atoms with E-state index >= 15 is 0 Å². The number of carbonyl (C=O) groups is 2. The maximum absolute atomic E-state index is 13.2. The quantitative estimate of drug-likeness (QED) is 0.172. The number of nitrogens with one attached hydrogen (secondary N) is 2. The van der Waals surface area contributed by atoms with E-state index < -0.39 is 23.4 Å². The zero-order valence-electron chi connectivity index (χ0n) is 27.7. The van der Waals surface area contributed by atoms with Gasteiger partial charge in [0.15, 0.2) is 0 Å². The number of anilines is 3. The fourth-order valence-corrected chi connectivity index (χ4v) is 6.33.